The number of hydrogen-bond donors (Lipinski definition) is 1. The Morgan fingerprint density at radius 1 is 1.09 bits per heavy atom. The van der Waals surface area contributed by atoms with Crippen molar-refractivity contribution in [2.24, 2.45) is 0 Å². The number of aromatic nitrogens is 4. The third kappa shape index (κ3) is 2.39. The number of morpholine rings is 1. The van der Waals surface area contributed by atoms with Crippen molar-refractivity contribution in [2.75, 3.05) is 36.9 Å². The Balaban J connectivity index is 1.74. The molecule has 7 heteroatoms. The topological polar surface area (TPSA) is 82.1 Å². The molecule has 0 aromatic carbocycles. The molecule has 118 valence electrons. The lowest BCUT2D eigenvalue weighted by Gasteiger charge is -2.27. The van der Waals surface area contributed by atoms with Crippen LogP contribution in [0.5, 0.6) is 0 Å². The largest absolute Gasteiger partial charge is 0.382 e. The Hall–Kier alpha value is -1.89. The lowest BCUT2D eigenvalue weighted by Crippen LogP contribution is -2.37. The summed E-state index contributed by atoms with van der Waals surface area (Å²) in [6.07, 6.45) is 8.17. The molecule has 2 aromatic heterocycles. The van der Waals surface area contributed by atoms with E-state index in [-0.39, 0.29) is 0 Å². The standard InChI is InChI=1S/C15H22N6O/c16-13-12-14(19-15(18-13)20-6-8-22-9-7-20)21(10-17-12)11-4-2-1-3-5-11/h10-11H,1-9H2,(H2,16,18,19). The van der Waals surface area contributed by atoms with Gasteiger partial charge in [0.2, 0.25) is 5.95 Å². The summed E-state index contributed by atoms with van der Waals surface area (Å²) in [5, 5.41) is 0. The van der Waals surface area contributed by atoms with Gasteiger partial charge in [-0.05, 0) is 12.8 Å². The molecular weight excluding hydrogens is 280 g/mol. The summed E-state index contributed by atoms with van der Waals surface area (Å²) in [4.78, 5) is 15.8. The maximum atomic E-state index is 6.12. The van der Waals surface area contributed by atoms with E-state index < -0.39 is 0 Å². The summed E-state index contributed by atoms with van der Waals surface area (Å²) in [5.41, 5.74) is 7.72. The van der Waals surface area contributed by atoms with Crippen LogP contribution in [0, 0.1) is 0 Å². The van der Waals surface area contributed by atoms with E-state index in [4.69, 9.17) is 15.5 Å². The highest BCUT2D eigenvalue weighted by Gasteiger charge is 2.22. The van der Waals surface area contributed by atoms with Crippen molar-refractivity contribution in [3.05, 3.63) is 6.33 Å². The minimum absolute atomic E-state index is 0.473. The Morgan fingerprint density at radius 3 is 2.64 bits per heavy atom. The first kappa shape index (κ1) is 13.8. The smallest absolute Gasteiger partial charge is 0.229 e. The maximum absolute atomic E-state index is 6.12. The number of fused-ring (bicyclic) bond motifs is 1. The molecule has 0 radical (unpaired) electrons. The molecule has 0 atom stereocenters. The Morgan fingerprint density at radius 2 is 1.86 bits per heavy atom. The second-order valence-electron chi connectivity index (χ2n) is 6.12. The first-order valence-electron chi connectivity index (χ1n) is 8.15. The lowest BCUT2D eigenvalue weighted by molar-refractivity contribution is 0.122. The summed E-state index contributed by atoms with van der Waals surface area (Å²) in [7, 11) is 0. The van der Waals surface area contributed by atoms with Gasteiger partial charge in [0.05, 0.1) is 19.5 Å². The van der Waals surface area contributed by atoms with Crippen molar-refractivity contribution in [3.8, 4) is 0 Å². The van der Waals surface area contributed by atoms with Crippen molar-refractivity contribution in [3.63, 3.8) is 0 Å². The highest BCUT2D eigenvalue weighted by Crippen LogP contribution is 2.31. The van der Waals surface area contributed by atoms with Crippen LogP contribution < -0.4 is 10.6 Å². The third-order valence-corrected chi connectivity index (χ3v) is 4.70. The van der Waals surface area contributed by atoms with Crippen molar-refractivity contribution in [2.45, 2.75) is 38.1 Å². The summed E-state index contributed by atoms with van der Waals surface area (Å²) in [5.74, 6) is 1.17. The van der Waals surface area contributed by atoms with Gasteiger partial charge in [-0.1, -0.05) is 19.3 Å². The zero-order valence-electron chi connectivity index (χ0n) is 12.7. The van der Waals surface area contributed by atoms with Gasteiger partial charge >= 0.3 is 0 Å². The van der Waals surface area contributed by atoms with Crippen LogP contribution in [-0.2, 0) is 4.74 Å². The minimum atomic E-state index is 0.473. The van der Waals surface area contributed by atoms with Gasteiger partial charge in [0.15, 0.2) is 11.5 Å². The molecule has 1 saturated carbocycles. The van der Waals surface area contributed by atoms with Gasteiger partial charge in [-0.3, -0.25) is 0 Å². The number of ether oxygens (including phenoxy) is 1. The molecule has 2 N–H and O–H groups in total. The summed E-state index contributed by atoms with van der Waals surface area (Å²) < 4.78 is 7.60. The van der Waals surface area contributed by atoms with Crippen LogP contribution >= 0.6 is 0 Å². The van der Waals surface area contributed by atoms with Gasteiger partial charge in [-0.2, -0.15) is 9.97 Å². The highest BCUT2D eigenvalue weighted by atomic mass is 16.5. The van der Waals surface area contributed by atoms with Crippen LogP contribution in [0.4, 0.5) is 11.8 Å². The van der Waals surface area contributed by atoms with E-state index in [2.05, 4.69) is 19.4 Å². The molecule has 4 rings (SSSR count). The highest BCUT2D eigenvalue weighted by molar-refractivity contribution is 5.83. The second kappa shape index (κ2) is 5.72. The number of nitrogens with zero attached hydrogens (tertiary/aromatic N) is 5. The fourth-order valence-corrected chi connectivity index (χ4v) is 3.46. The van der Waals surface area contributed by atoms with Crippen LogP contribution in [0.1, 0.15) is 38.1 Å². The number of hydrogen-bond acceptors (Lipinski definition) is 6. The van der Waals surface area contributed by atoms with E-state index in [9.17, 15) is 0 Å². The monoisotopic (exact) mass is 302 g/mol. The number of nitrogens with two attached hydrogens (primary N) is 1. The summed E-state index contributed by atoms with van der Waals surface area (Å²) in [6.45, 7) is 3.04. The van der Waals surface area contributed by atoms with Crippen molar-refractivity contribution < 1.29 is 4.74 Å². The van der Waals surface area contributed by atoms with E-state index in [1.54, 1.807) is 0 Å². The van der Waals surface area contributed by atoms with Crippen LogP contribution in [0.15, 0.2) is 6.33 Å². The molecule has 3 heterocycles. The predicted molar refractivity (Wildman–Crippen MR) is 84.9 cm³/mol. The molecule has 1 aliphatic carbocycles. The Labute approximate surface area is 129 Å². The van der Waals surface area contributed by atoms with E-state index in [1.807, 2.05) is 6.33 Å². The molecule has 1 aliphatic heterocycles. The Bertz CT molecular complexity index is 657. The van der Waals surface area contributed by atoms with Gasteiger partial charge in [0.1, 0.15) is 5.52 Å². The number of imidazole rings is 1. The zero-order valence-corrected chi connectivity index (χ0v) is 12.7. The minimum Gasteiger partial charge on any atom is -0.382 e. The quantitative estimate of drug-likeness (QED) is 0.910. The number of rotatable bonds is 2. The molecule has 22 heavy (non-hydrogen) atoms. The average Bonchev–Trinajstić information content (AvgIpc) is 3.01. The van der Waals surface area contributed by atoms with E-state index >= 15 is 0 Å². The van der Waals surface area contributed by atoms with Gasteiger partial charge in [-0.15, -0.1) is 0 Å². The Kier molecular flexibility index (Phi) is 3.57. The molecular formula is C15H22N6O. The third-order valence-electron chi connectivity index (χ3n) is 4.70. The second-order valence-corrected chi connectivity index (χ2v) is 6.12. The molecule has 0 spiro atoms. The number of nitrogen functional groups attached to an aromatic ring is 1. The van der Waals surface area contributed by atoms with Gasteiger partial charge in [0.25, 0.3) is 0 Å². The molecule has 2 fully saturated rings. The molecule has 0 amide bonds. The zero-order chi connectivity index (χ0) is 14.9. The van der Waals surface area contributed by atoms with Crippen LogP contribution in [0.25, 0.3) is 11.2 Å². The van der Waals surface area contributed by atoms with Gasteiger partial charge in [-0.25, -0.2) is 4.98 Å². The average molecular weight is 302 g/mol. The van der Waals surface area contributed by atoms with Crippen molar-refractivity contribution in [1.29, 1.82) is 0 Å². The lowest BCUT2D eigenvalue weighted by atomic mass is 9.95. The van der Waals surface area contributed by atoms with Crippen molar-refractivity contribution >= 4 is 22.9 Å². The molecule has 7 nitrogen and oxygen atoms in total. The molecule has 2 aromatic rings. The summed E-state index contributed by atoms with van der Waals surface area (Å²) >= 11 is 0. The fraction of sp³-hybridized carbons (Fsp3) is 0.667. The molecule has 0 unspecified atom stereocenters. The van der Waals surface area contributed by atoms with Gasteiger partial charge < -0.3 is 19.9 Å². The van der Waals surface area contributed by atoms with Gasteiger partial charge in [0, 0.05) is 19.1 Å². The van der Waals surface area contributed by atoms with Crippen LogP contribution in [0.2, 0.25) is 0 Å². The van der Waals surface area contributed by atoms with E-state index in [1.165, 1.54) is 32.1 Å². The molecule has 1 saturated heterocycles. The normalized spacial score (nSPS) is 20.6. The first-order chi connectivity index (χ1) is 10.8. The van der Waals surface area contributed by atoms with E-state index in [0.717, 1.165) is 24.3 Å². The van der Waals surface area contributed by atoms with E-state index in [0.29, 0.717) is 31.0 Å². The molecule has 0 bridgehead atoms. The first-order valence-corrected chi connectivity index (χ1v) is 8.15. The summed E-state index contributed by atoms with van der Waals surface area (Å²) in [6, 6.07) is 0.491. The van der Waals surface area contributed by atoms with Crippen LogP contribution in [0.3, 0.4) is 0 Å². The molecule has 2 aliphatic rings. The maximum Gasteiger partial charge on any atom is 0.229 e. The number of anilines is 2. The SMILES string of the molecule is Nc1nc(N2CCOCC2)nc2c1ncn2C1CCCCC1. The predicted octanol–water partition coefficient (Wildman–Crippen LogP) is 1.75. The van der Waals surface area contributed by atoms with Crippen molar-refractivity contribution in [1.82, 2.24) is 19.5 Å². The van der Waals surface area contributed by atoms with Crippen LogP contribution in [-0.4, -0.2) is 45.8 Å². The fourth-order valence-electron chi connectivity index (χ4n) is 3.46.